The van der Waals surface area contributed by atoms with E-state index in [1.165, 1.54) is 0 Å². The Morgan fingerprint density at radius 3 is 2.29 bits per heavy atom. The number of hydrogen-bond acceptors (Lipinski definition) is 2. The van der Waals surface area contributed by atoms with Crippen molar-refractivity contribution >= 4 is 17.7 Å². The van der Waals surface area contributed by atoms with Gasteiger partial charge in [0.2, 0.25) is 0 Å². The van der Waals surface area contributed by atoms with Crippen LogP contribution in [-0.2, 0) is 4.79 Å². The molecule has 1 aliphatic rings. The monoisotopic (exact) mass is 290 g/mol. The lowest BCUT2D eigenvalue weighted by molar-refractivity contribution is -0.146. The van der Waals surface area contributed by atoms with Crippen LogP contribution in [0.4, 0.5) is 10.5 Å². The molecule has 0 saturated carbocycles. The van der Waals surface area contributed by atoms with Gasteiger partial charge >= 0.3 is 12.0 Å². The van der Waals surface area contributed by atoms with Crippen LogP contribution in [0.2, 0.25) is 0 Å². The summed E-state index contributed by atoms with van der Waals surface area (Å²) in [7, 11) is 0. The lowest BCUT2D eigenvalue weighted by Gasteiger charge is -2.22. The van der Waals surface area contributed by atoms with Gasteiger partial charge in [-0.2, -0.15) is 0 Å². The zero-order valence-electron chi connectivity index (χ0n) is 13.0. The Balaban J connectivity index is 2.12. The minimum absolute atomic E-state index is 0.227. The maximum atomic E-state index is 12.3. The number of likely N-dealkylation sites (tertiary alicyclic amines) is 1. The van der Waals surface area contributed by atoms with Gasteiger partial charge in [-0.1, -0.05) is 17.7 Å². The van der Waals surface area contributed by atoms with Crippen molar-refractivity contribution in [3.05, 3.63) is 28.8 Å². The van der Waals surface area contributed by atoms with E-state index in [-0.39, 0.29) is 12.6 Å². The van der Waals surface area contributed by atoms with Crippen LogP contribution in [0.3, 0.4) is 0 Å². The molecule has 2 N–H and O–H groups in total. The van der Waals surface area contributed by atoms with Crippen molar-refractivity contribution in [2.75, 3.05) is 18.4 Å². The van der Waals surface area contributed by atoms with E-state index in [0.29, 0.717) is 13.0 Å². The molecule has 5 heteroatoms. The molecule has 5 nitrogen and oxygen atoms in total. The molecule has 114 valence electrons. The van der Waals surface area contributed by atoms with Crippen molar-refractivity contribution < 1.29 is 14.7 Å². The van der Waals surface area contributed by atoms with Crippen LogP contribution >= 0.6 is 0 Å². The molecule has 1 heterocycles. The summed E-state index contributed by atoms with van der Waals surface area (Å²) in [5.41, 5.74) is 3.16. The lowest BCUT2D eigenvalue weighted by Crippen LogP contribution is -2.37. The summed E-state index contributed by atoms with van der Waals surface area (Å²) in [4.78, 5) is 25.1. The van der Waals surface area contributed by atoms with E-state index in [1.54, 1.807) is 11.8 Å². The fourth-order valence-electron chi connectivity index (χ4n) is 2.87. The second kappa shape index (κ2) is 5.39. The molecule has 0 bridgehead atoms. The minimum Gasteiger partial charge on any atom is -0.481 e. The van der Waals surface area contributed by atoms with E-state index in [4.69, 9.17) is 0 Å². The van der Waals surface area contributed by atoms with Crippen LogP contribution in [0.15, 0.2) is 12.1 Å². The van der Waals surface area contributed by atoms with Crippen molar-refractivity contribution in [1.29, 1.82) is 0 Å². The van der Waals surface area contributed by atoms with Crippen LogP contribution < -0.4 is 5.32 Å². The summed E-state index contributed by atoms with van der Waals surface area (Å²) < 4.78 is 0. The van der Waals surface area contributed by atoms with Crippen molar-refractivity contribution in [2.24, 2.45) is 5.41 Å². The van der Waals surface area contributed by atoms with Gasteiger partial charge in [0.1, 0.15) is 0 Å². The number of amides is 2. The predicted molar refractivity (Wildman–Crippen MR) is 81.6 cm³/mol. The molecule has 1 aromatic carbocycles. The normalized spacial score (nSPS) is 21.4. The molecule has 2 amide bonds. The summed E-state index contributed by atoms with van der Waals surface area (Å²) in [5.74, 6) is -0.847. The van der Waals surface area contributed by atoms with Gasteiger partial charge in [0.15, 0.2) is 0 Å². The highest BCUT2D eigenvalue weighted by Crippen LogP contribution is 2.31. The number of aliphatic carboxylic acids is 1. The number of aryl methyl sites for hydroxylation is 3. The highest BCUT2D eigenvalue weighted by Gasteiger charge is 2.42. The third kappa shape index (κ3) is 3.01. The Kier molecular flexibility index (Phi) is 3.94. The number of carboxylic acids is 1. The fraction of sp³-hybridized carbons (Fsp3) is 0.500. The summed E-state index contributed by atoms with van der Waals surface area (Å²) in [5, 5.41) is 12.1. The van der Waals surface area contributed by atoms with Gasteiger partial charge in [0.05, 0.1) is 5.41 Å². The van der Waals surface area contributed by atoms with E-state index >= 15 is 0 Å². The van der Waals surface area contributed by atoms with Gasteiger partial charge in [-0.25, -0.2) is 4.79 Å². The molecule has 1 atom stereocenters. The topological polar surface area (TPSA) is 69.6 Å². The van der Waals surface area contributed by atoms with Crippen LogP contribution in [0.5, 0.6) is 0 Å². The maximum absolute atomic E-state index is 12.3. The number of rotatable bonds is 2. The number of urea groups is 1. The van der Waals surface area contributed by atoms with Gasteiger partial charge in [-0.05, 0) is 45.2 Å². The van der Waals surface area contributed by atoms with Crippen LogP contribution in [0.1, 0.15) is 30.0 Å². The van der Waals surface area contributed by atoms with Gasteiger partial charge in [0, 0.05) is 18.8 Å². The number of carbonyl (C=O) groups is 2. The molecule has 1 aromatic rings. The molecule has 0 aromatic heterocycles. The Morgan fingerprint density at radius 1 is 1.24 bits per heavy atom. The van der Waals surface area contributed by atoms with Crippen LogP contribution in [-0.4, -0.2) is 35.1 Å². The molecular formula is C16H22N2O3. The number of carboxylic acid groups (broad SMARTS) is 1. The highest BCUT2D eigenvalue weighted by molar-refractivity contribution is 5.92. The van der Waals surface area contributed by atoms with E-state index in [1.807, 2.05) is 32.9 Å². The highest BCUT2D eigenvalue weighted by atomic mass is 16.4. The second-order valence-electron chi connectivity index (χ2n) is 6.24. The van der Waals surface area contributed by atoms with Crippen molar-refractivity contribution in [2.45, 2.75) is 34.1 Å². The first-order valence-electron chi connectivity index (χ1n) is 7.10. The van der Waals surface area contributed by atoms with Crippen molar-refractivity contribution in [3.8, 4) is 0 Å². The number of nitrogens with one attached hydrogen (secondary N) is 1. The Morgan fingerprint density at radius 2 is 1.81 bits per heavy atom. The van der Waals surface area contributed by atoms with Gasteiger partial charge in [-0.3, -0.25) is 4.79 Å². The van der Waals surface area contributed by atoms with E-state index in [2.05, 4.69) is 5.32 Å². The fourth-order valence-corrected chi connectivity index (χ4v) is 2.87. The average molecular weight is 290 g/mol. The Bertz CT molecular complexity index is 574. The first-order chi connectivity index (χ1) is 9.73. The first kappa shape index (κ1) is 15.4. The lowest BCUT2D eigenvalue weighted by atomic mass is 9.90. The van der Waals surface area contributed by atoms with Crippen LogP contribution in [0.25, 0.3) is 0 Å². The number of anilines is 1. The molecule has 1 fully saturated rings. The molecular weight excluding hydrogens is 268 g/mol. The average Bonchev–Trinajstić information content (AvgIpc) is 2.78. The van der Waals surface area contributed by atoms with E-state index < -0.39 is 11.4 Å². The molecule has 1 aliphatic heterocycles. The largest absolute Gasteiger partial charge is 0.481 e. The Hall–Kier alpha value is -2.04. The predicted octanol–water partition coefficient (Wildman–Crippen LogP) is 2.94. The van der Waals surface area contributed by atoms with E-state index in [0.717, 1.165) is 22.4 Å². The molecule has 0 aliphatic carbocycles. The number of benzene rings is 1. The zero-order chi connectivity index (χ0) is 15.8. The number of hydrogen-bond donors (Lipinski definition) is 2. The smallest absolute Gasteiger partial charge is 0.321 e. The minimum atomic E-state index is -0.847. The standard InChI is InChI=1S/C16H22N2O3/c1-10-7-11(2)13(12(3)8-10)17-15(21)18-6-5-16(4,9-18)14(19)20/h7-8H,5-6,9H2,1-4H3,(H,17,21)(H,19,20). The quantitative estimate of drug-likeness (QED) is 0.879. The SMILES string of the molecule is Cc1cc(C)c(NC(=O)N2CCC(C)(C(=O)O)C2)c(C)c1. The number of carbonyl (C=O) groups excluding carboxylic acids is 1. The van der Waals surface area contributed by atoms with Gasteiger partial charge in [-0.15, -0.1) is 0 Å². The maximum Gasteiger partial charge on any atom is 0.321 e. The third-order valence-corrected chi connectivity index (χ3v) is 4.19. The molecule has 21 heavy (non-hydrogen) atoms. The van der Waals surface area contributed by atoms with Crippen molar-refractivity contribution in [1.82, 2.24) is 4.90 Å². The summed E-state index contributed by atoms with van der Waals surface area (Å²) >= 11 is 0. The molecule has 0 spiro atoms. The second-order valence-corrected chi connectivity index (χ2v) is 6.24. The van der Waals surface area contributed by atoms with E-state index in [9.17, 15) is 14.7 Å². The summed E-state index contributed by atoms with van der Waals surface area (Å²) in [6.07, 6.45) is 0.488. The summed E-state index contributed by atoms with van der Waals surface area (Å²) in [6.45, 7) is 8.34. The van der Waals surface area contributed by atoms with Gasteiger partial charge < -0.3 is 15.3 Å². The molecule has 2 rings (SSSR count). The zero-order valence-corrected chi connectivity index (χ0v) is 13.0. The van der Waals surface area contributed by atoms with Gasteiger partial charge in [0.25, 0.3) is 0 Å². The summed E-state index contributed by atoms with van der Waals surface area (Å²) in [6, 6.07) is 3.82. The van der Waals surface area contributed by atoms with Crippen LogP contribution in [0, 0.1) is 26.2 Å². The molecule has 1 saturated heterocycles. The molecule has 0 radical (unpaired) electrons. The Labute approximate surface area is 125 Å². The first-order valence-corrected chi connectivity index (χ1v) is 7.10. The third-order valence-electron chi connectivity index (χ3n) is 4.19. The number of nitrogens with zero attached hydrogens (tertiary/aromatic N) is 1. The molecule has 1 unspecified atom stereocenters. The van der Waals surface area contributed by atoms with Crippen molar-refractivity contribution in [3.63, 3.8) is 0 Å².